The molecule has 0 aromatic heterocycles. The van der Waals surface area contributed by atoms with Crippen molar-refractivity contribution in [2.75, 3.05) is 0 Å². The van der Waals surface area contributed by atoms with Crippen LogP contribution >= 0.6 is 0 Å². The predicted octanol–water partition coefficient (Wildman–Crippen LogP) is 8.27. The number of halogens is 5. The number of rotatable bonds is 6. The molecule has 1 nitrogen and oxygen atoms in total. The van der Waals surface area contributed by atoms with Crippen molar-refractivity contribution >= 4 is 10.8 Å². The molecular formula is C29H21F5O. The monoisotopic (exact) mass is 480 g/mol. The maximum Gasteiger partial charge on any atom is 0.387 e. The number of hydrogen-bond acceptors (Lipinski definition) is 1. The second-order valence-corrected chi connectivity index (χ2v) is 8.06. The lowest BCUT2D eigenvalue weighted by molar-refractivity contribution is -0.0546. The predicted molar refractivity (Wildman–Crippen MR) is 127 cm³/mol. The van der Waals surface area contributed by atoms with Crippen molar-refractivity contribution in [3.63, 3.8) is 0 Å². The van der Waals surface area contributed by atoms with Gasteiger partial charge in [0.2, 0.25) is 0 Å². The van der Waals surface area contributed by atoms with E-state index in [9.17, 15) is 17.6 Å². The average Bonchev–Trinajstić information content (AvgIpc) is 2.84. The summed E-state index contributed by atoms with van der Waals surface area (Å²) in [4.78, 5) is 0. The molecule has 0 aliphatic carbocycles. The minimum absolute atomic E-state index is 0.0686. The first-order chi connectivity index (χ1) is 16.9. The van der Waals surface area contributed by atoms with Crippen molar-refractivity contribution in [1.82, 2.24) is 0 Å². The Labute approximate surface area is 200 Å². The largest absolute Gasteiger partial charge is 0.429 e. The fourth-order valence-corrected chi connectivity index (χ4v) is 3.79. The van der Waals surface area contributed by atoms with Gasteiger partial charge in [-0.05, 0) is 65.8 Å². The van der Waals surface area contributed by atoms with Gasteiger partial charge in [0.05, 0.1) is 0 Å². The van der Waals surface area contributed by atoms with Crippen molar-refractivity contribution in [1.29, 1.82) is 0 Å². The zero-order valence-electron chi connectivity index (χ0n) is 18.8. The van der Waals surface area contributed by atoms with E-state index in [1.807, 2.05) is 12.1 Å². The smallest absolute Gasteiger partial charge is 0.387 e. The molecule has 0 bridgehead atoms. The van der Waals surface area contributed by atoms with E-state index in [2.05, 4.69) is 35.6 Å². The van der Waals surface area contributed by atoms with Gasteiger partial charge < -0.3 is 4.74 Å². The maximum absolute atomic E-state index is 15.2. The summed E-state index contributed by atoms with van der Waals surface area (Å²) in [6.45, 7) is -1.23. The SMILES string of the molecule is CCCCc1ccc(C#Cc2ccc3c(F)c(-c4cc(F)c(OC(F)F)c(F)c4)ccc3c2)cc1. The Morgan fingerprint density at radius 1 is 0.800 bits per heavy atom. The van der Waals surface area contributed by atoms with E-state index in [0.29, 0.717) is 10.9 Å². The molecule has 0 amide bonds. The highest BCUT2D eigenvalue weighted by Gasteiger charge is 2.19. The molecule has 4 rings (SSSR count). The molecule has 178 valence electrons. The first kappa shape index (κ1) is 24.3. The second-order valence-electron chi connectivity index (χ2n) is 8.06. The van der Waals surface area contributed by atoms with Crippen LogP contribution in [0.4, 0.5) is 22.0 Å². The summed E-state index contributed by atoms with van der Waals surface area (Å²) in [6.07, 6.45) is 3.32. The van der Waals surface area contributed by atoms with Crippen LogP contribution in [-0.4, -0.2) is 6.61 Å². The molecule has 0 saturated heterocycles. The van der Waals surface area contributed by atoms with Crippen LogP contribution in [0.25, 0.3) is 21.9 Å². The minimum atomic E-state index is -3.38. The first-order valence-electron chi connectivity index (χ1n) is 11.1. The van der Waals surface area contributed by atoms with Crippen LogP contribution in [-0.2, 0) is 6.42 Å². The minimum Gasteiger partial charge on any atom is -0.429 e. The molecule has 0 N–H and O–H groups in total. The van der Waals surface area contributed by atoms with Gasteiger partial charge in [-0.2, -0.15) is 8.78 Å². The van der Waals surface area contributed by atoms with Gasteiger partial charge in [0.1, 0.15) is 5.82 Å². The van der Waals surface area contributed by atoms with Crippen LogP contribution in [0.2, 0.25) is 0 Å². The quantitative estimate of drug-likeness (QED) is 0.199. The Balaban J connectivity index is 1.61. The summed E-state index contributed by atoms with van der Waals surface area (Å²) in [5.74, 6) is 1.59. The van der Waals surface area contributed by atoms with Crippen LogP contribution in [0.15, 0.2) is 66.7 Å². The van der Waals surface area contributed by atoms with E-state index in [1.165, 1.54) is 11.6 Å². The average molecular weight is 480 g/mol. The van der Waals surface area contributed by atoms with Crippen molar-refractivity contribution in [2.45, 2.75) is 32.8 Å². The van der Waals surface area contributed by atoms with Crippen molar-refractivity contribution < 1.29 is 26.7 Å². The fourth-order valence-electron chi connectivity index (χ4n) is 3.79. The summed E-state index contributed by atoms with van der Waals surface area (Å²) in [5.41, 5.74) is 2.62. The van der Waals surface area contributed by atoms with Crippen molar-refractivity contribution in [3.8, 4) is 28.7 Å². The topological polar surface area (TPSA) is 9.23 Å². The van der Waals surface area contributed by atoms with Gasteiger partial charge in [-0.1, -0.05) is 55.5 Å². The maximum atomic E-state index is 15.2. The molecule has 0 spiro atoms. The van der Waals surface area contributed by atoms with E-state index < -0.39 is 29.8 Å². The highest BCUT2D eigenvalue weighted by molar-refractivity contribution is 5.89. The van der Waals surface area contributed by atoms with Crippen molar-refractivity contribution in [2.24, 2.45) is 0 Å². The molecule has 0 heterocycles. The van der Waals surface area contributed by atoms with Crippen LogP contribution in [0, 0.1) is 29.3 Å². The number of ether oxygens (including phenoxy) is 1. The standard InChI is InChI=1S/C29H21F5O/c1-2-3-4-18-5-7-19(8-6-18)9-10-20-11-13-23-21(15-20)12-14-24(27(23)32)22-16-25(30)28(26(31)17-22)35-29(33)34/h5-8,11-17,29H,2-4H2,1H3. The lowest BCUT2D eigenvalue weighted by atomic mass is 9.98. The molecule has 0 saturated carbocycles. The fraction of sp³-hybridized carbons (Fsp3) is 0.172. The molecule has 35 heavy (non-hydrogen) atoms. The summed E-state index contributed by atoms with van der Waals surface area (Å²) in [6, 6.07) is 17.5. The Kier molecular flexibility index (Phi) is 7.36. The summed E-state index contributed by atoms with van der Waals surface area (Å²) < 4.78 is 72.0. The zero-order valence-corrected chi connectivity index (χ0v) is 18.8. The number of hydrogen-bond donors (Lipinski definition) is 0. The molecule has 6 heteroatoms. The van der Waals surface area contributed by atoms with Gasteiger partial charge in [0.15, 0.2) is 17.4 Å². The third-order valence-corrected chi connectivity index (χ3v) is 5.59. The number of fused-ring (bicyclic) bond motifs is 1. The number of benzene rings is 4. The third kappa shape index (κ3) is 5.63. The highest BCUT2D eigenvalue weighted by Crippen LogP contribution is 2.34. The molecule has 0 aliphatic rings. The van der Waals surface area contributed by atoms with E-state index >= 15 is 4.39 Å². The molecule has 0 atom stereocenters. The summed E-state index contributed by atoms with van der Waals surface area (Å²) in [7, 11) is 0. The van der Waals surface area contributed by atoms with Gasteiger partial charge in [-0.3, -0.25) is 0 Å². The van der Waals surface area contributed by atoms with Gasteiger partial charge in [0, 0.05) is 22.1 Å². The Bertz CT molecular complexity index is 1390. The molecule has 4 aromatic rings. The third-order valence-electron chi connectivity index (χ3n) is 5.59. The van der Waals surface area contributed by atoms with E-state index in [-0.39, 0.29) is 16.5 Å². The van der Waals surface area contributed by atoms with Gasteiger partial charge >= 0.3 is 6.61 Å². The van der Waals surface area contributed by atoms with E-state index in [0.717, 1.165) is 37.0 Å². The highest BCUT2D eigenvalue weighted by atomic mass is 19.3. The number of unbranched alkanes of at least 4 members (excludes halogenated alkanes) is 1. The van der Waals surface area contributed by atoms with Crippen LogP contribution < -0.4 is 4.74 Å². The number of alkyl halides is 2. The molecule has 4 aromatic carbocycles. The van der Waals surface area contributed by atoms with E-state index in [1.54, 1.807) is 24.3 Å². The Hall–Kier alpha value is -3.85. The molecule has 0 radical (unpaired) electrons. The molecule has 0 aliphatic heterocycles. The summed E-state index contributed by atoms with van der Waals surface area (Å²) >= 11 is 0. The summed E-state index contributed by atoms with van der Waals surface area (Å²) in [5, 5.41) is 0.800. The zero-order chi connectivity index (χ0) is 24.9. The van der Waals surface area contributed by atoms with Crippen molar-refractivity contribution in [3.05, 3.63) is 101 Å². The number of aryl methyl sites for hydroxylation is 1. The van der Waals surface area contributed by atoms with Crippen LogP contribution in [0.3, 0.4) is 0 Å². The van der Waals surface area contributed by atoms with E-state index in [4.69, 9.17) is 0 Å². The molecular weight excluding hydrogens is 459 g/mol. The lowest BCUT2D eigenvalue weighted by Gasteiger charge is -2.11. The van der Waals surface area contributed by atoms with Gasteiger partial charge in [-0.25, -0.2) is 13.2 Å². The Morgan fingerprint density at radius 2 is 1.46 bits per heavy atom. The first-order valence-corrected chi connectivity index (χ1v) is 11.1. The van der Waals surface area contributed by atoms with Crippen LogP contribution in [0.1, 0.15) is 36.5 Å². The molecule has 0 fully saturated rings. The molecule has 0 unspecified atom stereocenters. The lowest BCUT2D eigenvalue weighted by Crippen LogP contribution is -2.06. The van der Waals surface area contributed by atoms with Gasteiger partial charge in [0.25, 0.3) is 0 Å². The Morgan fingerprint density at radius 3 is 2.11 bits per heavy atom. The second kappa shape index (κ2) is 10.6. The van der Waals surface area contributed by atoms with Crippen LogP contribution in [0.5, 0.6) is 5.75 Å². The van der Waals surface area contributed by atoms with Gasteiger partial charge in [-0.15, -0.1) is 0 Å². The normalized spacial score (nSPS) is 10.9.